The van der Waals surface area contributed by atoms with Crippen molar-refractivity contribution in [2.75, 3.05) is 0 Å². The molecular formula is C16H17NO. The van der Waals surface area contributed by atoms with E-state index in [0.29, 0.717) is 6.42 Å². The van der Waals surface area contributed by atoms with Crippen LogP contribution in [0.3, 0.4) is 0 Å². The smallest absolute Gasteiger partial charge is 0.167 e. The van der Waals surface area contributed by atoms with Gasteiger partial charge in [0.05, 0.1) is 0 Å². The molecule has 2 heteroatoms. The van der Waals surface area contributed by atoms with Gasteiger partial charge >= 0.3 is 0 Å². The number of carbonyl (C=O) groups is 1. The molecule has 1 heterocycles. The number of hydrogen-bond donors (Lipinski definition) is 0. The van der Waals surface area contributed by atoms with Crippen molar-refractivity contribution < 1.29 is 4.79 Å². The van der Waals surface area contributed by atoms with Gasteiger partial charge in [-0.05, 0) is 49.1 Å². The zero-order chi connectivity index (χ0) is 13.1. The fourth-order valence-electron chi connectivity index (χ4n) is 1.98. The minimum atomic E-state index is 0.151. The van der Waals surface area contributed by atoms with Crippen LogP contribution in [-0.2, 0) is 6.42 Å². The Labute approximate surface area is 108 Å². The van der Waals surface area contributed by atoms with Gasteiger partial charge in [0.15, 0.2) is 5.78 Å². The van der Waals surface area contributed by atoms with Crippen LogP contribution in [0.25, 0.3) is 0 Å². The number of Topliss-reactive ketones (excluding diaryl/α,β-unsaturated/α-hetero) is 1. The molecule has 92 valence electrons. The van der Waals surface area contributed by atoms with E-state index >= 15 is 0 Å². The summed E-state index contributed by atoms with van der Waals surface area (Å²) < 4.78 is 0. The maximum absolute atomic E-state index is 12.2. The van der Waals surface area contributed by atoms with E-state index < -0.39 is 0 Å². The second-order valence-corrected chi connectivity index (χ2v) is 4.71. The quantitative estimate of drug-likeness (QED) is 0.768. The maximum atomic E-state index is 12.2. The molecule has 2 rings (SSSR count). The van der Waals surface area contributed by atoms with Crippen molar-refractivity contribution >= 4 is 5.78 Å². The van der Waals surface area contributed by atoms with Crippen LogP contribution in [0.15, 0.2) is 36.7 Å². The third kappa shape index (κ3) is 2.65. The van der Waals surface area contributed by atoms with Crippen LogP contribution in [-0.4, -0.2) is 10.8 Å². The Morgan fingerprint density at radius 3 is 2.50 bits per heavy atom. The summed E-state index contributed by atoms with van der Waals surface area (Å²) in [5.41, 5.74) is 5.26. The Morgan fingerprint density at radius 1 is 1.06 bits per heavy atom. The number of benzene rings is 1. The molecule has 2 aromatic rings. The molecule has 0 unspecified atom stereocenters. The maximum Gasteiger partial charge on any atom is 0.167 e. The average Bonchev–Trinajstić information content (AvgIpc) is 2.34. The highest BCUT2D eigenvalue weighted by Crippen LogP contribution is 2.14. The van der Waals surface area contributed by atoms with Crippen molar-refractivity contribution in [1.82, 2.24) is 4.98 Å². The molecular weight excluding hydrogens is 222 g/mol. The van der Waals surface area contributed by atoms with Crippen LogP contribution in [0.1, 0.15) is 32.6 Å². The number of carbonyl (C=O) groups excluding carboxylic acids is 1. The first-order valence-electron chi connectivity index (χ1n) is 6.08. The van der Waals surface area contributed by atoms with Crippen LogP contribution in [0.5, 0.6) is 0 Å². The van der Waals surface area contributed by atoms with Gasteiger partial charge < -0.3 is 0 Å². The van der Waals surface area contributed by atoms with Crippen molar-refractivity contribution in [3.05, 3.63) is 64.5 Å². The van der Waals surface area contributed by atoms with Crippen molar-refractivity contribution in [2.45, 2.75) is 27.2 Å². The van der Waals surface area contributed by atoms with Crippen LogP contribution in [0.2, 0.25) is 0 Å². The van der Waals surface area contributed by atoms with E-state index in [1.807, 2.05) is 13.0 Å². The molecule has 1 aromatic carbocycles. The lowest BCUT2D eigenvalue weighted by molar-refractivity contribution is 0.0992. The van der Waals surface area contributed by atoms with Gasteiger partial charge in [0, 0.05) is 24.4 Å². The molecule has 0 amide bonds. The Morgan fingerprint density at radius 2 is 1.83 bits per heavy atom. The van der Waals surface area contributed by atoms with Gasteiger partial charge in [0.1, 0.15) is 0 Å². The predicted octanol–water partition coefficient (Wildman–Crippen LogP) is 3.43. The number of ketones is 1. The normalized spacial score (nSPS) is 10.4. The van der Waals surface area contributed by atoms with Gasteiger partial charge in [0.25, 0.3) is 0 Å². The second-order valence-electron chi connectivity index (χ2n) is 4.71. The molecule has 1 aromatic heterocycles. The summed E-state index contributed by atoms with van der Waals surface area (Å²) in [7, 11) is 0. The predicted molar refractivity (Wildman–Crippen MR) is 72.9 cm³/mol. The van der Waals surface area contributed by atoms with Crippen molar-refractivity contribution in [3.8, 4) is 0 Å². The first kappa shape index (κ1) is 12.5. The molecule has 0 spiro atoms. The fourth-order valence-corrected chi connectivity index (χ4v) is 1.98. The lowest BCUT2D eigenvalue weighted by atomic mass is 9.98. The number of pyridine rings is 1. The Hall–Kier alpha value is -1.96. The molecule has 0 bridgehead atoms. The van der Waals surface area contributed by atoms with Gasteiger partial charge in [-0.1, -0.05) is 18.2 Å². The number of nitrogens with zero attached hydrogens (tertiary/aromatic N) is 1. The number of aryl methyl sites for hydroxylation is 3. The zero-order valence-electron chi connectivity index (χ0n) is 11.0. The van der Waals surface area contributed by atoms with E-state index in [9.17, 15) is 4.79 Å². The number of rotatable bonds is 3. The minimum Gasteiger partial charge on any atom is -0.294 e. The summed E-state index contributed by atoms with van der Waals surface area (Å²) in [4.78, 5) is 16.2. The monoisotopic (exact) mass is 239 g/mol. The summed E-state index contributed by atoms with van der Waals surface area (Å²) >= 11 is 0. The molecule has 0 N–H and O–H groups in total. The molecule has 18 heavy (non-hydrogen) atoms. The molecule has 0 fully saturated rings. The molecule has 0 aliphatic carbocycles. The third-order valence-electron chi connectivity index (χ3n) is 3.26. The molecule has 0 aliphatic rings. The molecule has 0 saturated heterocycles. The summed E-state index contributed by atoms with van der Waals surface area (Å²) in [6.45, 7) is 6.07. The van der Waals surface area contributed by atoms with E-state index in [4.69, 9.17) is 0 Å². The van der Waals surface area contributed by atoms with Crippen molar-refractivity contribution in [2.24, 2.45) is 0 Å². The molecule has 2 nitrogen and oxygen atoms in total. The fraction of sp³-hybridized carbons (Fsp3) is 0.250. The van der Waals surface area contributed by atoms with Gasteiger partial charge in [-0.25, -0.2) is 0 Å². The van der Waals surface area contributed by atoms with E-state index in [-0.39, 0.29) is 5.78 Å². The van der Waals surface area contributed by atoms with E-state index in [2.05, 4.69) is 31.0 Å². The van der Waals surface area contributed by atoms with Gasteiger partial charge in [-0.2, -0.15) is 0 Å². The third-order valence-corrected chi connectivity index (χ3v) is 3.26. The first-order valence-corrected chi connectivity index (χ1v) is 6.08. The summed E-state index contributed by atoms with van der Waals surface area (Å²) in [5.74, 6) is 0.151. The van der Waals surface area contributed by atoms with Gasteiger partial charge in [-0.3, -0.25) is 9.78 Å². The second kappa shape index (κ2) is 5.13. The molecule has 0 atom stereocenters. The summed E-state index contributed by atoms with van der Waals surface area (Å²) in [6, 6.07) is 7.97. The van der Waals surface area contributed by atoms with Crippen LogP contribution < -0.4 is 0 Å². The highest BCUT2D eigenvalue weighted by Gasteiger charge is 2.10. The Kier molecular flexibility index (Phi) is 3.56. The van der Waals surface area contributed by atoms with Crippen LogP contribution in [0.4, 0.5) is 0 Å². The Balaban J connectivity index is 2.22. The Bertz CT molecular complexity index is 587. The molecule has 0 saturated carbocycles. The molecule has 0 radical (unpaired) electrons. The number of hydrogen-bond acceptors (Lipinski definition) is 2. The van der Waals surface area contributed by atoms with E-state index in [0.717, 1.165) is 16.7 Å². The van der Waals surface area contributed by atoms with Gasteiger partial charge in [-0.15, -0.1) is 0 Å². The van der Waals surface area contributed by atoms with Crippen molar-refractivity contribution in [3.63, 3.8) is 0 Å². The lowest BCUT2D eigenvalue weighted by Gasteiger charge is -2.06. The van der Waals surface area contributed by atoms with Crippen LogP contribution in [0, 0.1) is 20.8 Å². The standard InChI is InChI=1S/C16H17NO/c1-11-4-5-14(8-12(11)2)9-16(18)15-6-7-17-10-13(15)3/h4-8,10H,9H2,1-3H3. The minimum absolute atomic E-state index is 0.151. The SMILES string of the molecule is Cc1ccc(CC(=O)c2ccncc2C)cc1C. The van der Waals surface area contributed by atoms with Crippen molar-refractivity contribution in [1.29, 1.82) is 0 Å². The topological polar surface area (TPSA) is 30.0 Å². The van der Waals surface area contributed by atoms with Crippen LogP contribution >= 0.6 is 0 Å². The average molecular weight is 239 g/mol. The van der Waals surface area contributed by atoms with E-state index in [1.54, 1.807) is 18.5 Å². The zero-order valence-corrected chi connectivity index (χ0v) is 11.0. The summed E-state index contributed by atoms with van der Waals surface area (Å²) in [6.07, 6.45) is 3.85. The highest BCUT2D eigenvalue weighted by atomic mass is 16.1. The number of aromatic nitrogens is 1. The lowest BCUT2D eigenvalue weighted by Crippen LogP contribution is -2.06. The first-order chi connectivity index (χ1) is 8.58. The van der Waals surface area contributed by atoms with Gasteiger partial charge in [0.2, 0.25) is 0 Å². The van der Waals surface area contributed by atoms with E-state index in [1.165, 1.54) is 11.1 Å². The molecule has 0 aliphatic heterocycles. The largest absolute Gasteiger partial charge is 0.294 e. The summed E-state index contributed by atoms with van der Waals surface area (Å²) in [5, 5.41) is 0. The highest BCUT2D eigenvalue weighted by molar-refractivity contribution is 5.98.